The Hall–Kier alpha value is -3.09. The standard InChI is InChI=1S/C22H29FN4O2/c1-4-19(29-20-10-6-9-18(23)14-20)15-27-22(25-3)26-12-11-16-7-5-8-17(13-16)21(28)24-2/h5-10,13-14,19H,4,11-12,15H2,1-3H3,(H,24,28)(H2,25,26,27). The Balaban J connectivity index is 1.80. The van der Waals surface area contributed by atoms with E-state index in [2.05, 4.69) is 20.9 Å². The van der Waals surface area contributed by atoms with Crippen molar-refractivity contribution in [3.8, 4) is 5.75 Å². The van der Waals surface area contributed by atoms with Crippen LogP contribution in [0, 0.1) is 5.82 Å². The Bertz CT molecular complexity index is 826. The molecule has 0 heterocycles. The monoisotopic (exact) mass is 400 g/mol. The zero-order valence-electron chi connectivity index (χ0n) is 17.2. The van der Waals surface area contributed by atoms with Gasteiger partial charge in [0.25, 0.3) is 5.91 Å². The van der Waals surface area contributed by atoms with Gasteiger partial charge in [0.15, 0.2) is 5.96 Å². The molecular weight excluding hydrogens is 371 g/mol. The van der Waals surface area contributed by atoms with Gasteiger partial charge in [0, 0.05) is 32.3 Å². The van der Waals surface area contributed by atoms with Crippen molar-refractivity contribution in [3.63, 3.8) is 0 Å². The molecule has 2 aromatic rings. The van der Waals surface area contributed by atoms with Crippen LogP contribution in [0.2, 0.25) is 0 Å². The number of guanidine groups is 1. The summed E-state index contributed by atoms with van der Waals surface area (Å²) in [6.45, 7) is 3.22. The number of hydrogen-bond donors (Lipinski definition) is 3. The average Bonchev–Trinajstić information content (AvgIpc) is 2.74. The lowest BCUT2D eigenvalue weighted by atomic mass is 10.1. The molecule has 2 rings (SSSR count). The van der Waals surface area contributed by atoms with Gasteiger partial charge in [0.2, 0.25) is 0 Å². The molecule has 0 aliphatic carbocycles. The third kappa shape index (κ3) is 7.44. The minimum Gasteiger partial charge on any atom is -0.489 e. The van der Waals surface area contributed by atoms with Gasteiger partial charge < -0.3 is 20.7 Å². The Morgan fingerprint density at radius 3 is 2.66 bits per heavy atom. The van der Waals surface area contributed by atoms with E-state index in [9.17, 15) is 9.18 Å². The molecule has 156 valence electrons. The van der Waals surface area contributed by atoms with Gasteiger partial charge in [-0.2, -0.15) is 0 Å². The van der Waals surface area contributed by atoms with Crippen molar-refractivity contribution in [1.29, 1.82) is 0 Å². The van der Waals surface area contributed by atoms with Gasteiger partial charge >= 0.3 is 0 Å². The number of hydrogen-bond acceptors (Lipinski definition) is 3. The second-order valence-electron chi connectivity index (χ2n) is 6.51. The van der Waals surface area contributed by atoms with Crippen LogP contribution < -0.4 is 20.7 Å². The van der Waals surface area contributed by atoms with E-state index >= 15 is 0 Å². The molecule has 3 N–H and O–H groups in total. The highest BCUT2D eigenvalue weighted by molar-refractivity contribution is 5.94. The van der Waals surface area contributed by atoms with E-state index in [4.69, 9.17) is 4.74 Å². The summed E-state index contributed by atoms with van der Waals surface area (Å²) in [7, 11) is 3.32. The van der Waals surface area contributed by atoms with Crippen molar-refractivity contribution in [2.45, 2.75) is 25.9 Å². The number of aliphatic imine (C=N–C) groups is 1. The highest BCUT2D eigenvalue weighted by Gasteiger charge is 2.10. The second-order valence-corrected chi connectivity index (χ2v) is 6.51. The minimum atomic E-state index is -0.316. The van der Waals surface area contributed by atoms with Gasteiger partial charge in [-0.3, -0.25) is 9.79 Å². The molecule has 2 aromatic carbocycles. The average molecular weight is 400 g/mol. The number of rotatable bonds is 9. The van der Waals surface area contributed by atoms with E-state index in [1.165, 1.54) is 12.1 Å². The molecule has 0 fully saturated rings. The molecule has 0 aliphatic rings. The number of halogens is 1. The lowest BCUT2D eigenvalue weighted by molar-refractivity contribution is 0.0963. The molecule has 7 heteroatoms. The van der Waals surface area contributed by atoms with Crippen LogP contribution in [0.3, 0.4) is 0 Å². The highest BCUT2D eigenvalue weighted by atomic mass is 19.1. The van der Waals surface area contributed by atoms with Crippen molar-refractivity contribution in [2.75, 3.05) is 27.2 Å². The van der Waals surface area contributed by atoms with Crippen molar-refractivity contribution < 1.29 is 13.9 Å². The molecule has 29 heavy (non-hydrogen) atoms. The quantitative estimate of drug-likeness (QED) is 0.447. The van der Waals surface area contributed by atoms with Crippen LogP contribution in [-0.4, -0.2) is 45.2 Å². The molecule has 0 bridgehead atoms. The number of amides is 1. The van der Waals surface area contributed by atoms with Gasteiger partial charge in [0.1, 0.15) is 17.7 Å². The fraction of sp³-hybridized carbons (Fsp3) is 0.364. The summed E-state index contributed by atoms with van der Waals surface area (Å²) in [6.07, 6.45) is 1.41. The summed E-state index contributed by atoms with van der Waals surface area (Å²) >= 11 is 0. The maximum Gasteiger partial charge on any atom is 0.251 e. The van der Waals surface area contributed by atoms with Crippen LogP contribution in [0.4, 0.5) is 4.39 Å². The predicted molar refractivity (Wildman–Crippen MR) is 114 cm³/mol. The molecule has 1 amide bonds. The molecule has 6 nitrogen and oxygen atoms in total. The van der Waals surface area contributed by atoms with Gasteiger partial charge in [-0.1, -0.05) is 25.1 Å². The van der Waals surface area contributed by atoms with E-state index in [0.717, 1.165) is 18.4 Å². The Kier molecular flexibility index (Phi) is 8.95. The van der Waals surface area contributed by atoms with Crippen molar-refractivity contribution in [1.82, 2.24) is 16.0 Å². The first-order valence-electron chi connectivity index (χ1n) is 9.73. The number of nitrogens with one attached hydrogen (secondary N) is 3. The normalized spacial score (nSPS) is 12.2. The molecule has 0 aliphatic heterocycles. The maximum absolute atomic E-state index is 13.3. The summed E-state index contributed by atoms with van der Waals surface area (Å²) in [5, 5.41) is 9.12. The zero-order valence-corrected chi connectivity index (χ0v) is 17.2. The molecule has 1 unspecified atom stereocenters. The van der Waals surface area contributed by atoms with Gasteiger partial charge in [-0.15, -0.1) is 0 Å². The van der Waals surface area contributed by atoms with Gasteiger partial charge in [0.05, 0.1) is 6.54 Å². The highest BCUT2D eigenvalue weighted by Crippen LogP contribution is 2.14. The van der Waals surface area contributed by atoms with Crippen LogP contribution in [-0.2, 0) is 6.42 Å². The fourth-order valence-electron chi connectivity index (χ4n) is 2.77. The molecule has 0 spiro atoms. The van der Waals surface area contributed by atoms with Crippen LogP contribution in [0.1, 0.15) is 29.3 Å². The van der Waals surface area contributed by atoms with Crippen molar-refractivity contribution in [2.24, 2.45) is 4.99 Å². The second kappa shape index (κ2) is 11.7. The van der Waals surface area contributed by atoms with E-state index in [1.54, 1.807) is 32.3 Å². The fourth-order valence-corrected chi connectivity index (χ4v) is 2.77. The largest absolute Gasteiger partial charge is 0.489 e. The first-order valence-corrected chi connectivity index (χ1v) is 9.73. The van der Waals surface area contributed by atoms with E-state index < -0.39 is 0 Å². The first-order chi connectivity index (χ1) is 14.0. The number of carbonyl (C=O) groups is 1. The third-order valence-corrected chi connectivity index (χ3v) is 4.40. The van der Waals surface area contributed by atoms with E-state index in [-0.39, 0.29) is 17.8 Å². The molecule has 0 saturated heterocycles. The number of nitrogens with zero attached hydrogens (tertiary/aromatic N) is 1. The summed E-state index contributed by atoms with van der Waals surface area (Å²) in [6, 6.07) is 13.7. The number of carbonyl (C=O) groups excluding carboxylic acids is 1. The Morgan fingerprint density at radius 2 is 1.97 bits per heavy atom. The summed E-state index contributed by atoms with van der Waals surface area (Å²) in [5.74, 6) is 0.760. The maximum atomic E-state index is 13.3. The molecular formula is C22H29FN4O2. The van der Waals surface area contributed by atoms with E-state index in [0.29, 0.717) is 30.4 Å². The van der Waals surface area contributed by atoms with Crippen LogP contribution >= 0.6 is 0 Å². The number of benzene rings is 2. The Morgan fingerprint density at radius 1 is 1.17 bits per heavy atom. The summed E-state index contributed by atoms with van der Waals surface area (Å²) in [5.41, 5.74) is 1.71. The van der Waals surface area contributed by atoms with Crippen molar-refractivity contribution >= 4 is 11.9 Å². The summed E-state index contributed by atoms with van der Waals surface area (Å²) < 4.78 is 19.1. The first kappa shape index (κ1) is 22.2. The van der Waals surface area contributed by atoms with Crippen LogP contribution in [0.5, 0.6) is 5.75 Å². The van der Waals surface area contributed by atoms with Crippen LogP contribution in [0.25, 0.3) is 0 Å². The van der Waals surface area contributed by atoms with Gasteiger partial charge in [-0.05, 0) is 42.7 Å². The topological polar surface area (TPSA) is 74.8 Å². The lowest BCUT2D eigenvalue weighted by Gasteiger charge is -2.20. The molecule has 0 saturated carbocycles. The third-order valence-electron chi connectivity index (χ3n) is 4.40. The van der Waals surface area contributed by atoms with Crippen LogP contribution in [0.15, 0.2) is 53.5 Å². The van der Waals surface area contributed by atoms with E-state index in [1.807, 2.05) is 25.1 Å². The van der Waals surface area contributed by atoms with Gasteiger partial charge in [-0.25, -0.2) is 4.39 Å². The minimum absolute atomic E-state index is 0.0961. The Labute approximate surface area is 171 Å². The molecule has 1 atom stereocenters. The van der Waals surface area contributed by atoms with Crippen molar-refractivity contribution in [3.05, 3.63) is 65.5 Å². The zero-order chi connectivity index (χ0) is 21.1. The molecule has 0 aromatic heterocycles. The lowest BCUT2D eigenvalue weighted by Crippen LogP contribution is -2.43. The molecule has 0 radical (unpaired) electrons. The predicted octanol–water partition coefficient (Wildman–Crippen LogP) is 2.75. The summed E-state index contributed by atoms with van der Waals surface area (Å²) in [4.78, 5) is 16.0. The SMILES string of the molecule is CCC(CNC(=NC)NCCc1cccc(C(=O)NC)c1)Oc1cccc(F)c1. The number of ether oxygens (including phenoxy) is 1. The smallest absolute Gasteiger partial charge is 0.251 e.